The minimum atomic E-state index is -3.15. The third kappa shape index (κ3) is 3.89. The third-order valence-electron chi connectivity index (χ3n) is 1.92. The average molecular weight is 356 g/mol. The van der Waals surface area contributed by atoms with Crippen LogP contribution in [0.2, 0.25) is 0 Å². The largest absolute Gasteiger partial charge is 0.224 e. The van der Waals surface area contributed by atoms with Gasteiger partial charge in [0.15, 0.2) is 9.84 Å². The zero-order valence-corrected chi connectivity index (χ0v) is 12.3. The lowest BCUT2D eigenvalue weighted by atomic mass is 10.3. The number of hydrogen-bond donors (Lipinski definition) is 0. The smallest absolute Gasteiger partial charge is 0.178 e. The molecule has 0 aliphatic rings. The fourth-order valence-corrected chi connectivity index (χ4v) is 3.91. The van der Waals surface area contributed by atoms with E-state index in [9.17, 15) is 8.42 Å². The molecular weight excluding hydrogens is 344 g/mol. The summed E-state index contributed by atoms with van der Waals surface area (Å²) < 4.78 is 24.6. The fraction of sp³-hybridized carbons (Fsp3) is 0.400. The summed E-state index contributed by atoms with van der Waals surface area (Å²) in [6, 6.07) is 6.81. The van der Waals surface area contributed by atoms with E-state index in [0.29, 0.717) is 10.2 Å². The first-order chi connectivity index (χ1) is 6.95. The lowest BCUT2D eigenvalue weighted by Gasteiger charge is -2.08. The van der Waals surface area contributed by atoms with Gasteiger partial charge in [-0.3, -0.25) is 0 Å². The molecule has 84 valence electrons. The first-order valence-electron chi connectivity index (χ1n) is 4.50. The highest BCUT2D eigenvalue weighted by Gasteiger charge is 2.17. The molecule has 0 aromatic heterocycles. The lowest BCUT2D eigenvalue weighted by molar-refractivity contribution is 0.584. The van der Waals surface area contributed by atoms with Gasteiger partial charge in [0.2, 0.25) is 0 Å². The second kappa shape index (κ2) is 5.46. The zero-order chi connectivity index (χ0) is 11.5. The van der Waals surface area contributed by atoms with Crippen LogP contribution in [0.5, 0.6) is 0 Å². The monoisotopic (exact) mass is 354 g/mol. The molecule has 0 aliphatic carbocycles. The minimum Gasteiger partial charge on any atom is -0.224 e. The highest BCUT2D eigenvalue weighted by Crippen LogP contribution is 2.19. The third-order valence-corrected chi connectivity index (χ3v) is 5.50. The molecule has 0 aliphatic heterocycles. The fourth-order valence-electron chi connectivity index (χ4n) is 1.18. The van der Waals surface area contributed by atoms with Crippen LogP contribution in [-0.2, 0) is 9.84 Å². The number of alkyl halides is 1. The van der Waals surface area contributed by atoms with Crippen molar-refractivity contribution in [2.45, 2.75) is 11.8 Å². The maximum Gasteiger partial charge on any atom is 0.178 e. The van der Waals surface area contributed by atoms with Crippen LogP contribution in [0, 0.1) is 5.92 Å². The standard InChI is InChI=1S/C10H12Br2O2S/c1-8(6-11)7-15(13,14)10-4-2-3-9(12)5-10/h2-5,8H,6-7H2,1H3. The molecule has 0 N–H and O–H groups in total. The van der Waals surface area contributed by atoms with Gasteiger partial charge in [-0.15, -0.1) is 0 Å². The Morgan fingerprint density at radius 1 is 1.40 bits per heavy atom. The van der Waals surface area contributed by atoms with E-state index in [1.807, 2.05) is 13.0 Å². The molecule has 0 radical (unpaired) electrons. The Kier molecular flexibility index (Phi) is 4.80. The highest BCUT2D eigenvalue weighted by atomic mass is 79.9. The summed E-state index contributed by atoms with van der Waals surface area (Å²) in [5.74, 6) is 0.295. The Balaban J connectivity index is 2.96. The molecule has 1 unspecified atom stereocenters. The number of benzene rings is 1. The Morgan fingerprint density at radius 3 is 2.60 bits per heavy atom. The van der Waals surface area contributed by atoms with Crippen molar-refractivity contribution in [2.24, 2.45) is 5.92 Å². The van der Waals surface area contributed by atoms with E-state index in [1.165, 1.54) is 0 Å². The van der Waals surface area contributed by atoms with Gasteiger partial charge < -0.3 is 0 Å². The van der Waals surface area contributed by atoms with Gasteiger partial charge in [-0.2, -0.15) is 0 Å². The van der Waals surface area contributed by atoms with E-state index in [4.69, 9.17) is 0 Å². The summed E-state index contributed by atoms with van der Waals surface area (Å²) in [6.45, 7) is 1.91. The Labute approximate surface area is 107 Å². The molecule has 2 nitrogen and oxygen atoms in total. The van der Waals surface area contributed by atoms with Crippen LogP contribution in [0.15, 0.2) is 33.6 Å². The van der Waals surface area contributed by atoms with Crippen LogP contribution in [-0.4, -0.2) is 19.5 Å². The van der Waals surface area contributed by atoms with E-state index in [2.05, 4.69) is 31.9 Å². The van der Waals surface area contributed by atoms with Gasteiger partial charge in [0.1, 0.15) is 0 Å². The average Bonchev–Trinajstić information content (AvgIpc) is 2.17. The predicted octanol–water partition coefficient (Wildman–Crippen LogP) is 3.25. The normalized spacial score (nSPS) is 13.8. The maximum atomic E-state index is 11.9. The summed E-state index contributed by atoms with van der Waals surface area (Å²) in [7, 11) is -3.15. The van der Waals surface area contributed by atoms with Crippen LogP contribution in [0.25, 0.3) is 0 Å². The van der Waals surface area contributed by atoms with Gasteiger partial charge in [-0.1, -0.05) is 44.8 Å². The summed E-state index contributed by atoms with van der Waals surface area (Å²) in [4.78, 5) is 0.379. The molecule has 0 amide bonds. The molecule has 1 atom stereocenters. The first kappa shape index (κ1) is 13.2. The number of halogens is 2. The van der Waals surface area contributed by atoms with E-state index in [1.54, 1.807) is 18.2 Å². The highest BCUT2D eigenvalue weighted by molar-refractivity contribution is 9.10. The molecule has 1 aromatic rings. The molecule has 0 saturated carbocycles. The van der Waals surface area contributed by atoms with Crippen molar-refractivity contribution in [1.29, 1.82) is 0 Å². The van der Waals surface area contributed by atoms with Crippen molar-refractivity contribution < 1.29 is 8.42 Å². The van der Waals surface area contributed by atoms with Gasteiger partial charge >= 0.3 is 0 Å². The van der Waals surface area contributed by atoms with Gasteiger partial charge in [0, 0.05) is 9.80 Å². The van der Waals surface area contributed by atoms with Crippen molar-refractivity contribution >= 4 is 41.7 Å². The van der Waals surface area contributed by atoms with Gasteiger partial charge in [-0.05, 0) is 24.1 Å². The van der Waals surface area contributed by atoms with E-state index >= 15 is 0 Å². The SMILES string of the molecule is CC(CBr)CS(=O)(=O)c1cccc(Br)c1. The second-order valence-electron chi connectivity index (χ2n) is 3.50. The van der Waals surface area contributed by atoms with Crippen LogP contribution in [0.3, 0.4) is 0 Å². The predicted molar refractivity (Wildman–Crippen MR) is 69.2 cm³/mol. The molecule has 1 aromatic carbocycles. The minimum absolute atomic E-state index is 0.119. The lowest BCUT2D eigenvalue weighted by Crippen LogP contribution is -2.14. The molecule has 0 fully saturated rings. The molecule has 15 heavy (non-hydrogen) atoms. The number of rotatable bonds is 4. The van der Waals surface area contributed by atoms with Gasteiger partial charge in [0.25, 0.3) is 0 Å². The summed E-state index contributed by atoms with van der Waals surface area (Å²) in [5, 5.41) is 0.695. The van der Waals surface area contributed by atoms with Crippen molar-refractivity contribution in [2.75, 3.05) is 11.1 Å². The Bertz CT molecular complexity index is 429. The molecular formula is C10H12Br2O2S. The quantitative estimate of drug-likeness (QED) is 0.777. The Morgan fingerprint density at radius 2 is 2.07 bits per heavy atom. The summed E-state index contributed by atoms with van der Waals surface area (Å²) in [5.41, 5.74) is 0. The van der Waals surface area contributed by atoms with Crippen LogP contribution in [0.1, 0.15) is 6.92 Å². The van der Waals surface area contributed by atoms with Gasteiger partial charge in [-0.25, -0.2) is 8.42 Å². The molecule has 1 rings (SSSR count). The maximum absolute atomic E-state index is 11.9. The second-order valence-corrected chi connectivity index (χ2v) is 7.10. The van der Waals surface area contributed by atoms with Crippen LogP contribution in [0.4, 0.5) is 0 Å². The van der Waals surface area contributed by atoms with Gasteiger partial charge in [0.05, 0.1) is 10.6 Å². The zero-order valence-electron chi connectivity index (χ0n) is 8.28. The van der Waals surface area contributed by atoms with Crippen molar-refractivity contribution in [3.8, 4) is 0 Å². The topological polar surface area (TPSA) is 34.1 Å². The van der Waals surface area contributed by atoms with Crippen molar-refractivity contribution in [3.63, 3.8) is 0 Å². The first-order valence-corrected chi connectivity index (χ1v) is 8.06. The number of hydrogen-bond acceptors (Lipinski definition) is 2. The van der Waals surface area contributed by atoms with Crippen molar-refractivity contribution in [1.82, 2.24) is 0 Å². The summed E-state index contributed by atoms with van der Waals surface area (Å²) >= 11 is 6.54. The van der Waals surface area contributed by atoms with E-state index in [-0.39, 0.29) is 11.7 Å². The molecule has 0 bridgehead atoms. The van der Waals surface area contributed by atoms with E-state index in [0.717, 1.165) is 4.47 Å². The van der Waals surface area contributed by atoms with E-state index < -0.39 is 9.84 Å². The van der Waals surface area contributed by atoms with Crippen molar-refractivity contribution in [3.05, 3.63) is 28.7 Å². The van der Waals surface area contributed by atoms with Crippen LogP contribution >= 0.6 is 31.9 Å². The van der Waals surface area contributed by atoms with Crippen LogP contribution < -0.4 is 0 Å². The molecule has 0 heterocycles. The Hall–Kier alpha value is 0.130. The number of sulfone groups is 1. The molecule has 0 spiro atoms. The molecule has 5 heteroatoms. The molecule has 0 saturated heterocycles. The summed E-state index contributed by atoms with van der Waals surface area (Å²) in [6.07, 6.45) is 0.